The van der Waals surface area contributed by atoms with Crippen molar-refractivity contribution in [1.82, 2.24) is 4.57 Å². The van der Waals surface area contributed by atoms with Crippen LogP contribution in [-0.2, 0) is 6.54 Å². The molecule has 0 unspecified atom stereocenters. The van der Waals surface area contributed by atoms with E-state index in [0.717, 1.165) is 40.7 Å². The van der Waals surface area contributed by atoms with Gasteiger partial charge in [-0.2, -0.15) is 0 Å². The lowest BCUT2D eigenvalue weighted by Gasteiger charge is -2.11. The third kappa shape index (κ3) is 3.24. The number of anilines is 1. The van der Waals surface area contributed by atoms with Crippen LogP contribution in [0.4, 0.5) is 5.00 Å². The van der Waals surface area contributed by atoms with Crippen LogP contribution < -0.4 is 11.1 Å². The van der Waals surface area contributed by atoms with Gasteiger partial charge >= 0.3 is 0 Å². The molecule has 3 rings (SSSR count). The fourth-order valence-corrected chi connectivity index (χ4v) is 4.18. The number of aryl methyl sites for hydroxylation is 3. The van der Waals surface area contributed by atoms with E-state index in [1.165, 1.54) is 11.3 Å². The van der Waals surface area contributed by atoms with Crippen LogP contribution >= 0.6 is 11.3 Å². The number of para-hydroxylation sites is 1. The van der Waals surface area contributed by atoms with E-state index in [0.29, 0.717) is 16.3 Å². The Balaban J connectivity index is 2.05. The zero-order valence-electron chi connectivity index (χ0n) is 15.3. The zero-order valence-corrected chi connectivity index (χ0v) is 16.1. The number of amides is 2. The molecule has 26 heavy (non-hydrogen) atoms. The van der Waals surface area contributed by atoms with Gasteiger partial charge in [-0.15, -0.1) is 11.3 Å². The van der Waals surface area contributed by atoms with Crippen LogP contribution in [0, 0.1) is 13.8 Å². The summed E-state index contributed by atoms with van der Waals surface area (Å²) in [5.74, 6) is -0.743. The second kappa shape index (κ2) is 7.33. The van der Waals surface area contributed by atoms with Gasteiger partial charge in [0, 0.05) is 22.3 Å². The molecule has 0 radical (unpaired) electrons. The summed E-state index contributed by atoms with van der Waals surface area (Å²) in [5.41, 5.74) is 8.44. The number of nitrogens with one attached hydrogen (secondary N) is 1. The Hall–Kier alpha value is -2.60. The molecule has 0 saturated carbocycles. The second-order valence-electron chi connectivity index (χ2n) is 6.41. The van der Waals surface area contributed by atoms with Crippen molar-refractivity contribution >= 4 is 39.1 Å². The number of nitrogens with two attached hydrogens (primary N) is 1. The summed E-state index contributed by atoms with van der Waals surface area (Å²) < 4.78 is 2.08. The maximum Gasteiger partial charge on any atom is 0.273 e. The fourth-order valence-electron chi connectivity index (χ4n) is 3.27. The van der Waals surface area contributed by atoms with Crippen molar-refractivity contribution < 1.29 is 9.59 Å². The number of benzene rings is 1. The highest BCUT2D eigenvalue weighted by atomic mass is 32.1. The van der Waals surface area contributed by atoms with Crippen LogP contribution in [0.25, 0.3) is 10.9 Å². The number of carbonyl (C=O) groups is 2. The minimum atomic E-state index is -0.534. The number of nitrogens with zero attached hydrogens (tertiary/aromatic N) is 1. The number of hydrogen-bond donors (Lipinski definition) is 2. The number of carbonyl (C=O) groups excluding carboxylic acids is 2. The molecular weight excluding hydrogens is 346 g/mol. The summed E-state index contributed by atoms with van der Waals surface area (Å²) in [6.45, 7) is 6.76. The summed E-state index contributed by atoms with van der Waals surface area (Å²) in [5, 5.41) is 4.49. The summed E-state index contributed by atoms with van der Waals surface area (Å²) in [7, 11) is 0. The highest BCUT2D eigenvalue weighted by Gasteiger charge is 2.22. The first kappa shape index (κ1) is 18.2. The average molecular weight is 369 g/mol. The molecule has 0 aliphatic heterocycles. The predicted octanol–water partition coefficient (Wildman–Crippen LogP) is 4.47. The Morgan fingerprint density at radius 2 is 1.96 bits per heavy atom. The van der Waals surface area contributed by atoms with Crippen LogP contribution in [0.3, 0.4) is 0 Å². The number of primary amides is 1. The summed E-state index contributed by atoms with van der Waals surface area (Å²) >= 11 is 1.36. The molecule has 0 spiro atoms. The van der Waals surface area contributed by atoms with Crippen LogP contribution in [0.2, 0.25) is 0 Å². The molecule has 0 atom stereocenters. The lowest BCUT2D eigenvalue weighted by molar-refractivity contribution is 0.100. The van der Waals surface area contributed by atoms with Gasteiger partial charge < -0.3 is 15.6 Å². The third-order valence-electron chi connectivity index (χ3n) is 4.52. The summed E-state index contributed by atoms with van der Waals surface area (Å²) in [6, 6.07) is 9.75. The van der Waals surface area contributed by atoms with Gasteiger partial charge in [-0.3, -0.25) is 9.59 Å². The van der Waals surface area contributed by atoms with E-state index in [1.54, 1.807) is 6.07 Å². The van der Waals surface area contributed by atoms with Gasteiger partial charge in [0.2, 0.25) is 0 Å². The fraction of sp³-hybridized carbons (Fsp3) is 0.300. The monoisotopic (exact) mass is 369 g/mol. The maximum absolute atomic E-state index is 13.1. The van der Waals surface area contributed by atoms with Gasteiger partial charge in [0.25, 0.3) is 11.8 Å². The van der Waals surface area contributed by atoms with Crippen LogP contribution in [0.1, 0.15) is 51.1 Å². The molecule has 2 amide bonds. The van der Waals surface area contributed by atoms with Crippen LogP contribution in [0.5, 0.6) is 0 Å². The number of thiophene rings is 1. The molecule has 3 aromatic rings. The molecule has 3 N–H and O–H groups in total. The highest BCUT2D eigenvalue weighted by Crippen LogP contribution is 2.30. The topological polar surface area (TPSA) is 77.1 Å². The van der Waals surface area contributed by atoms with Crippen molar-refractivity contribution in [3.8, 4) is 0 Å². The maximum atomic E-state index is 13.1. The Morgan fingerprint density at radius 3 is 2.65 bits per heavy atom. The molecule has 2 aromatic heterocycles. The van der Waals surface area contributed by atoms with E-state index < -0.39 is 5.91 Å². The van der Waals surface area contributed by atoms with Gasteiger partial charge in [0.05, 0.1) is 5.56 Å². The van der Waals surface area contributed by atoms with E-state index in [2.05, 4.69) is 16.8 Å². The van der Waals surface area contributed by atoms with Crippen LogP contribution in [-0.4, -0.2) is 16.4 Å². The molecule has 1 aromatic carbocycles. The standard InChI is InChI=1S/C20H23N3O2S/c1-4-5-10-23-16-9-7-6-8-14(16)13(3)17(23)19(25)22-20-15(18(21)24)11-12(2)26-20/h6-9,11H,4-5,10H2,1-3H3,(H2,21,24)(H,22,25). The van der Waals surface area contributed by atoms with Gasteiger partial charge in [0.1, 0.15) is 10.7 Å². The molecule has 0 saturated heterocycles. The molecule has 0 aliphatic carbocycles. The van der Waals surface area contributed by atoms with E-state index in [4.69, 9.17) is 5.73 Å². The first-order valence-corrected chi connectivity index (χ1v) is 9.55. The van der Waals surface area contributed by atoms with Crippen molar-refractivity contribution in [3.05, 3.63) is 52.0 Å². The predicted molar refractivity (Wildman–Crippen MR) is 107 cm³/mol. The summed E-state index contributed by atoms with van der Waals surface area (Å²) in [4.78, 5) is 25.7. The smallest absolute Gasteiger partial charge is 0.273 e. The molecule has 5 nitrogen and oxygen atoms in total. The van der Waals surface area contributed by atoms with Crippen LogP contribution in [0.15, 0.2) is 30.3 Å². The number of fused-ring (bicyclic) bond motifs is 1. The van der Waals surface area contributed by atoms with Gasteiger partial charge in [-0.25, -0.2) is 0 Å². The van der Waals surface area contributed by atoms with Gasteiger partial charge in [-0.05, 0) is 38.0 Å². The Labute approximate surface area is 156 Å². The average Bonchev–Trinajstić information content (AvgIpc) is 3.11. The number of hydrogen-bond acceptors (Lipinski definition) is 3. The Bertz CT molecular complexity index is 985. The SMILES string of the molecule is CCCCn1c(C(=O)Nc2sc(C)cc2C(N)=O)c(C)c2ccccc21. The van der Waals surface area contributed by atoms with Crippen molar-refractivity contribution in [2.24, 2.45) is 5.73 Å². The summed E-state index contributed by atoms with van der Waals surface area (Å²) in [6.07, 6.45) is 2.03. The molecular formula is C20H23N3O2S. The van der Waals surface area contributed by atoms with E-state index in [9.17, 15) is 9.59 Å². The van der Waals surface area contributed by atoms with E-state index in [-0.39, 0.29) is 5.91 Å². The first-order chi connectivity index (χ1) is 12.4. The van der Waals surface area contributed by atoms with Crippen molar-refractivity contribution in [2.75, 3.05) is 5.32 Å². The Morgan fingerprint density at radius 1 is 1.23 bits per heavy atom. The molecule has 6 heteroatoms. The molecule has 0 fully saturated rings. The minimum Gasteiger partial charge on any atom is -0.366 e. The lowest BCUT2D eigenvalue weighted by Crippen LogP contribution is -2.20. The van der Waals surface area contributed by atoms with Gasteiger partial charge in [-0.1, -0.05) is 31.5 Å². The zero-order chi connectivity index (χ0) is 18.8. The van der Waals surface area contributed by atoms with Gasteiger partial charge in [0.15, 0.2) is 0 Å². The van der Waals surface area contributed by atoms with E-state index >= 15 is 0 Å². The normalized spacial score (nSPS) is 11.0. The first-order valence-electron chi connectivity index (χ1n) is 8.73. The molecule has 0 aliphatic rings. The lowest BCUT2D eigenvalue weighted by atomic mass is 10.1. The van der Waals surface area contributed by atoms with Crippen molar-refractivity contribution in [2.45, 2.75) is 40.2 Å². The van der Waals surface area contributed by atoms with Crippen molar-refractivity contribution in [1.29, 1.82) is 0 Å². The minimum absolute atomic E-state index is 0.209. The number of unbranched alkanes of at least 4 members (excludes halogenated alkanes) is 1. The molecule has 2 heterocycles. The number of aromatic nitrogens is 1. The number of rotatable bonds is 6. The Kier molecular flexibility index (Phi) is 5.13. The van der Waals surface area contributed by atoms with Crippen molar-refractivity contribution in [3.63, 3.8) is 0 Å². The molecule has 136 valence electrons. The third-order valence-corrected chi connectivity index (χ3v) is 5.49. The highest BCUT2D eigenvalue weighted by molar-refractivity contribution is 7.16. The quantitative estimate of drug-likeness (QED) is 0.672. The largest absolute Gasteiger partial charge is 0.366 e. The van der Waals surface area contributed by atoms with E-state index in [1.807, 2.05) is 38.1 Å². The second-order valence-corrected chi connectivity index (χ2v) is 7.67. The molecule has 0 bridgehead atoms.